The van der Waals surface area contributed by atoms with Crippen molar-refractivity contribution in [2.75, 3.05) is 0 Å². The van der Waals surface area contributed by atoms with E-state index in [0.29, 0.717) is 24.8 Å². The number of aryl methyl sites for hydroxylation is 1. The van der Waals surface area contributed by atoms with Crippen LogP contribution in [0, 0.1) is 50.7 Å². The van der Waals surface area contributed by atoms with Crippen LogP contribution in [0.15, 0.2) is 23.4 Å². The number of carbonyl (C=O) groups excluding carboxylic acids is 3. The number of ketones is 1. The molecule has 282 valence electrons. The Balaban J connectivity index is 1.26. The van der Waals surface area contributed by atoms with Crippen molar-refractivity contribution in [1.29, 1.82) is 0 Å². The van der Waals surface area contributed by atoms with E-state index in [4.69, 9.17) is 4.74 Å². The first-order valence-electron chi connectivity index (χ1n) is 19.4. The molecule has 1 heterocycles. The van der Waals surface area contributed by atoms with E-state index in [1.807, 2.05) is 13.1 Å². The molecule has 1 aromatic heterocycles. The van der Waals surface area contributed by atoms with Crippen LogP contribution in [0.25, 0.3) is 0 Å². The van der Waals surface area contributed by atoms with E-state index in [1.165, 1.54) is 5.57 Å². The fourth-order valence-electron chi connectivity index (χ4n) is 12.6. The van der Waals surface area contributed by atoms with Gasteiger partial charge in [0.25, 0.3) is 0 Å². The highest BCUT2D eigenvalue weighted by molar-refractivity contribution is 6.02. The summed E-state index contributed by atoms with van der Waals surface area (Å²) in [4.78, 5) is 52.3. The van der Waals surface area contributed by atoms with Gasteiger partial charge < -0.3 is 20.5 Å². The summed E-state index contributed by atoms with van der Waals surface area (Å²) in [5.41, 5.74) is 0.998. The fraction of sp³-hybridized carbons (Fsp3) is 0.780. The number of ether oxygens (including phenoxy) is 1. The first-order valence-corrected chi connectivity index (χ1v) is 19.4. The number of carboxylic acid groups (broad SMARTS) is 1. The van der Waals surface area contributed by atoms with Crippen molar-refractivity contribution < 1.29 is 29.0 Å². The van der Waals surface area contributed by atoms with Gasteiger partial charge in [0.2, 0.25) is 0 Å². The number of carboxylic acids is 1. The minimum absolute atomic E-state index is 0.0287. The van der Waals surface area contributed by atoms with E-state index in [-0.39, 0.29) is 57.8 Å². The van der Waals surface area contributed by atoms with Crippen molar-refractivity contribution in [3.8, 4) is 0 Å². The zero-order valence-corrected chi connectivity index (χ0v) is 32.7. The Morgan fingerprint density at radius 2 is 1.71 bits per heavy atom. The summed E-state index contributed by atoms with van der Waals surface area (Å²) >= 11 is 0. The topological polar surface area (TPSA) is 140 Å². The largest absolute Gasteiger partial charge is 0.481 e. The molecular weight excluding hydrogens is 644 g/mol. The lowest BCUT2D eigenvalue weighted by Gasteiger charge is -2.72. The predicted octanol–water partition coefficient (Wildman–Crippen LogP) is 7.37. The minimum Gasteiger partial charge on any atom is -0.481 e. The first-order chi connectivity index (χ1) is 23.6. The molecule has 0 aromatic carbocycles. The summed E-state index contributed by atoms with van der Waals surface area (Å²) in [6, 6.07) is 1.65. The lowest BCUT2D eigenvalue weighted by molar-refractivity contribution is -0.232. The van der Waals surface area contributed by atoms with Crippen LogP contribution in [0.3, 0.4) is 0 Å². The molecule has 5 aliphatic carbocycles. The van der Waals surface area contributed by atoms with Gasteiger partial charge in [-0.2, -0.15) is 5.10 Å². The van der Waals surface area contributed by atoms with E-state index in [1.54, 1.807) is 24.7 Å². The average Bonchev–Trinajstić information content (AvgIpc) is 3.56. The molecule has 6 rings (SSSR count). The lowest BCUT2D eigenvalue weighted by atomic mass is 9.33. The Morgan fingerprint density at radius 1 is 1.00 bits per heavy atom. The standard InChI is InChI=1S/C41H62N4O6/c1-24(2)32-27(46)21-41(44-35(50)42-23-25-15-20-43-45(25)10)19-18-39(8)26(33(32)41)11-12-29-38(7)16-14-30(51-31(47)22-36(3,4)34(48)49)37(5,6)28(38)13-17-40(29,39)9/h15,20,24,26,28-30H,11-14,16-19,21-23H2,1-10H3,(H,48,49)(H2,42,44,50)/t26-,28+,29-,30+,38+,39-,40-,41-/m1/s1. The third-order valence-electron chi connectivity index (χ3n) is 15.5. The number of carbonyl (C=O) groups is 4. The summed E-state index contributed by atoms with van der Waals surface area (Å²) in [5, 5.41) is 20.3. The van der Waals surface area contributed by atoms with Crippen molar-refractivity contribution in [1.82, 2.24) is 20.4 Å². The molecule has 3 N–H and O–H groups in total. The van der Waals surface area contributed by atoms with Crippen LogP contribution in [-0.4, -0.2) is 50.3 Å². The van der Waals surface area contributed by atoms with E-state index in [0.717, 1.165) is 62.6 Å². The van der Waals surface area contributed by atoms with Crippen molar-refractivity contribution in [3.63, 3.8) is 0 Å². The number of nitrogens with one attached hydrogen (secondary N) is 2. The lowest BCUT2D eigenvalue weighted by Crippen LogP contribution is -2.67. The van der Waals surface area contributed by atoms with Gasteiger partial charge in [-0.15, -0.1) is 0 Å². The fourth-order valence-corrected chi connectivity index (χ4v) is 12.6. The maximum Gasteiger partial charge on any atom is 0.315 e. The Morgan fingerprint density at radius 3 is 2.33 bits per heavy atom. The van der Waals surface area contributed by atoms with Gasteiger partial charge in [-0.05, 0) is 122 Å². The van der Waals surface area contributed by atoms with E-state index in [2.05, 4.69) is 64.2 Å². The number of hydrogen-bond donors (Lipinski definition) is 3. The second kappa shape index (κ2) is 12.5. The summed E-state index contributed by atoms with van der Waals surface area (Å²) in [7, 11) is 1.86. The molecule has 10 nitrogen and oxygen atoms in total. The average molecular weight is 707 g/mol. The highest BCUT2D eigenvalue weighted by atomic mass is 16.5. The third kappa shape index (κ3) is 5.76. The molecule has 51 heavy (non-hydrogen) atoms. The molecule has 8 atom stereocenters. The molecule has 0 spiro atoms. The van der Waals surface area contributed by atoms with E-state index in [9.17, 15) is 24.3 Å². The molecule has 10 heteroatoms. The van der Waals surface area contributed by atoms with Crippen LogP contribution in [0.4, 0.5) is 4.79 Å². The Labute approximate surface area is 304 Å². The molecule has 0 radical (unpaired) electrons. The number of hydrogen-bond acceptors (Lipinski definition) is 6. The number of allylic oxidation sites excluding steroid dienone is 1. The zero-order chi connectivity index (χ0) is 37.5. The second-order valence-corrected chi connectivity index (χ2v) is 19.2. The number of urea groups is 1. The molecule has 0 saturated heterocycles. The van der Waals surface area contributed by atoms with Crippen LogP contribution < -0.4 is 10.6 Å². The van der Waals surface area contributed by atoms with E-state index < -0.39 is 22.9 Å². The molecule has 2 amide bonds. The van der Waals surface area contributed by atoms with Crippen LogP contribution in [0.2, 0.25) is 0 Å². The smallest absolute Gasteiger partial charge is 0.315 e. The van der Waals surface area contributed by atoms with Gasteiger partial charge in [0.15, 0.2) is 5.78 Å². The molecule has 5 aliphatic rings. The zero-order valence-electron chi connectivity index (χ0n) is 32.7. The molecule has 4 fully saturated rings. The Bertz CT molecular complexity index is 1640. The highest BCUT2D eigenvalue weighted by Gasteiger charge is 2.70. The number of rotatable bonds is 8. The summed E-state index contributed by atoms with van der Waals surface area (Å²) in [6.07, 6.45) is 9.21. The van der Waals surface area contributed by atoms with Gasteiger partial charge in [-0.1, -0.05) is 48.5 Å². The summed E-state index contributed by atoms with van der Waals surface area (Å²) < 4.78 is 7.90. The number of aromatic nitrogens is 2. The van der Waals surface area contributed by atoms with Crippen molar-refractivity contribution in [3.05, 3.63) is 29.1 Å². The SMILES string of the molecule is CC(C)C1=C2[C@H]3CC[C@@H]4[C@@]5(C)CC[C@H](OC(=O)CC(C)(C)C(=O)O)C(C)(C)[C@@H]5CC[C@@]4(C)[C@]3(C)CC[C@@]2(NC(=O)NCc2ccnn2C)CC1=O. The van der Waals surface area contributed by atoms with Crippen LogP contribution in [0.1, 0.15) is 132 Å². The third-order valence-corrected chi connectivity index (χ3v) is 15.5. The minimum atomic E-state index is -1.17. The number of fused-ring (bicyclic) bond motifs is 7. The molecule has 1 aromatic rings. The van der Waals surface area contributed by atoms with Crippen molar-refractivity contribution >= 4 is 23.8 Å². The van der Waals surface area contributed by atoms with Gasteiger partial charge in [0.05, 0.1) is 29.6 Å². The maximum atomic E-state index is 13.9. The molecule has 4 saturated carbocycles. The number of Topliss-reactive ketones (excluding diaryl/α,β-unsaturated/α-hetero) is 1. The number of aliphatic carboxylic acids is 1. The van der Waals surface area contributed by atoms with Crippen molar-refractivity contribution in [2.45, 2.75) is 145 Å². The van der Waals surface area contributed by atoms with Crippen molar-refractivity contribution in [2.24, 2.45) is 57.8 Å². The molecule has 0 aliphatic heterocycles. The van der Waals surface area contributed by atoms with Gasteiger partial charge in [0, 0.05) is 25.1 Å². The quantitative estimate of drug-likeness (QED) is 0.240. The number of nitrogens with zero attached hydrogens (tertiary/aromatic N) is 2. The van der Waals surface area contributed by atoms with Gasteiger partial charge in [0.1, 0.15) is 6.10 Å². The monoisotopic (exact) mass is 706 g/mol. The van der Waals surface area contributed by atoms with Gasteiger partial charge in [-0.3, -0.25) is 19.1 Å². The normalized spacial score (nSPS) is 37.2. The summed E-state index contributed by atoms with van der Waals surface area (Å²) in [6.45, 7) is 19.8. The summed E-state index contributed by atoms with van der Waals surface area (Å²) in [5.74, 6) is -0.137. The van der Waals surface area contributed by atoms with Crippen LogP contribution >= 0.6 is 0 Å². The van der Waals surface area contributed by atoms with Crippen LogP contribution in [-0.2, 0) is 32.7 Å². The molecular formula is C41H62N4O6. The number of amides is 2. The maximum absolute atomic E-state index is 13.9. The predicted molar refractivity (Wildman–Crippen MR) is 194 cm³/mol. The van der Waals surface area contributed by atoms with E-state index >= 15 is 0 Å². The first kappa shape index (κ1) is 37.6. The van der Waals surface area contributed by atoms with Gasteiger partial charge in [-0.25, -0.2) is 4.79 Å². The number of esters is 1. The Hall–Kier alpha value is -3.17. The van der Waals surface area contributed by atoms with Crippen LogP contribution in [0.5, 0.6) is 0 Å². The Kier molecular flexibility index (Phi) is 9.19. The van der Waals surface area contributed by atoms with Gasteiger partial charge >= 0.3 is 18.0 Å². The highest BCUT2D eigenvalue weighted by Crippen LogP contribution is 2.76. The second-order valence-electron chi connectivity index (χ2n) is 19.2. The molecule has 0 unspecified atom stereocenters. The molecule has 0 bridgehead atoms.